The molecule has 2 heterocycles. The molecule has 1 aromatic rings. The molecule has 2 fully saturated rings. The van der Waals surface area contributed by atoms with Gasteiger partial charge < -0.3 is 20.3 Å². The van der Waals surface area contributed by atoms with Gasteiger partial charge in [0.25, 0.3) is 0 Å². The minimum absolute atomic E-state index is 0.0745. The highest BCUT2D eigenvalue weighted by molar-refractivity contribution is 6.35. The predicted octanol–water partition coefficient (Wildman–Crippen LogP) is 1.23. The number of carbonyl (C=O) groups is 2. The Morgan fingerprint density at radius 3 is 2.87 bits per heavy atom. The van der Waals surface area contributed by atoms with Gasteiger partial charge in [0, 0.05) is 32.1 Å². The van der Waals surface area contributed by atoms with Crippen molar-refractivity contribution in [3.05, 3.63) is 16.5 Å². The van der Waals surface area contributed by atoms with Crippen LogP contribution in [0.3, 0.4) is 0 Å². The van der Waals surface area contributed by atoms with Crippen molar-refractivity contribution in [1.29, 1.82) is 0 Å². The minimum atomic E-state index is -0.582. The van der Waals surface area contributed by atoms with Crippen molar-refractivity contribution in [3.8, 4) is 0 Å². The molecule has 3 rings (SSSR count). The van der Waals surface area contributed by atoms with Crippen LogP contribution >= 0.6 is 11.6 Å². The normalized spacial score (nSPS) is 17.1. The number of amides is 2. The second-order valence-electron chi connectivity index (χ2n) is 5.50. The van der Waals surface area contributed by atoms with Crippen molar-refractivity contribution < 1.29 is 14.3 Å². The molecule has 1 aromatic heterocycles. The summed E-state index contributed by atoms with van der Waals surface area (Å²) in [5.74, 6) is 0.710. The van der Waals surface area contributed by atoms with E-state index in [1.54, 1.807) is 4.90 Å². The van der Waals surface area contributed by atoms with Gasteiger partial charge in [0.1, 0.15) is 16.7 Å². The van der Waals surface area contributed by atoms with Gasteiger partial charge in [-0.3, -0.25) is 0 Å². The SMILES string of the molecule is COC(=O)c1nc(C2CC2)nc(NCCN2CCNC2=O)c1Cl. The lowest BCUT2D eigenvalue weighted by Crippen LogP contribution is -2.32. The van der Waals surface area contributed by atoms with Crippen LogP contribution in [-0.2, 0) is 4.74 Å². The summed E-state index contributed by atoms with van der Waals surface area (Å²) in [6.07, 6.45) is 2.02. The summed E-state index contributed by atoms with van der Waals surface area (Å²) < 4.78 is 4.72. The van der Waals surface area contributed by atoms with E-state index in [4.69, 9.17) is 16.3 Å². The molecule has 0 bridgehead atoms. The topological polar surface area (TPSA) is 96.4 Å². The Kier molecular flexibility index (Phi) is 4.51. The van der Waals surface area contributed by atoms with E-state index in [1.807, 2.05) is 0 Å². The number of carbonyl (C=O) groups excluding carboxylic acids is 2. The number of methoxy groups -OCH3 is 1. The zero-order valence-electron chi connectivity index (χ0n) is 12.8. The molecule has 1 aliphatic heterocycles. The molecule has 0 atom stereocenters. The molecule has 1 saturated carbocycles. The summed E-state index contributed by atoms with van der Waals surface area (Å²) in [6, 6.07) is -0.0745. The third kappa shape index (κ3) is 3.47. The van der Waals surface area contributed by atoms with Crippen LogP contribution in [0.15, 0.2) is 0 Å². The molecule has 2 aliphatic rings. The molecule has 1 aliphatic carbocycles. The van der Waals surface area contributed by atoms with E-state index in [9.17, 15) is 9.59 Å². The highest BCUT2D eigenvalue weighted by Gasteiger charge is 2.30. The number of esters is 1. The lowest BCUT2D eigenvalue weighted by atomic mass is 10.3. The number of urea groups is 1. The highest BCUT2D eigenvalue weighted by Crippen LogP contribution is 2.39. The monoisotopic (exact) mass is 339 g/mol. The third-order valence-corrected chi connectivity index (χ3v) is 4.17. The van der Waals surface area contributed by atoms with Crippen molar-refractivity contribution in [2.24, 2.45) is 0 Å². The number of halogens is 1. The molecule has 124 valence electrons. The fourth-order valence-corrected chi connectivity index (χ4v) is 2.60. The third-order valence-electron chi connectivity index (χ3n) is 3.81. The number of ether oxygens (including phenoxy) is 1. The van der Waals surface area contributed by atoms with Crippen LogP contribution in [-0.4, -0.2) is 60.2 Å². The molecule has 0 unspecified atom stereocenters. The van der Waals surface area contributed by atoms with Crippen molar-refractivity contribution >= 4 is 29.4 Å². The van der Waals surface area contributed by atoms with E-state index in [-0.39, 0.29) is 22.7 Å². The number of nitrogens with one attached hydrogen (secondary N) is 2. The quantitative estimate of drug-likeness (QED) is 0.757. The van der Waals surface area contributed by atoms with Crippen LogP contribution in [0.2, 0.25) is 5.02 Å². The molecule has 2 amide bonds. The first kappa shape index (κ1) is 15.8. The molecule has 0 aromatic carbocycles. The first-order chi connectivity index (χ1) is 11.1. The molecular formula is C14H18ClN5O3. The number of anilines is 1. The highest BCUT2D eigenvalue weighted by atomic mass is 35.5. The van der Waals surface area contributed by atoms with Crippen LogP contribution < -0.4 is 10.6 Å². The van der Waals surface area contributed by atoms with Gasteiger partial charge in [-0.25, -0.2) is 19.6 Å². The van der Waals surface area contributed by atoms with Gasteiger partial charge in [0.2, 0.25) is 0 Å². The number of aromatic nitrogens is 2. The van der Waals surface area contributed by atoms with Crippen LogP contribution in [0, 0.1) is 0 Å². The fraction of sp³-hybridized carbons (Fsp3) is 0.571. The smallest absolute Gasteiger partial charge is 0.358 e. The molecule has 0 spiro atoms. The Hall–Kier alpha value is -2.09. The van der Waals surface area contributed by atoms with Gasteiger partial charge >= 0.3 is 12.0 Å². The Morgan fingerprint density at radius 2 is 2.26 bits per heavy atom. The van der Waals surface area contributed by atoms with Crippen molar-refractivity contribution in [2.45, 2.75) is 18.8 Å². The lowest BCUT2D eigenvalue weighted by molar-refractivity contribution is 0.0593. The zero-order valence-corrected chi connectivity index (χ0v) is 13.5. The van der Waals surface area contributed by atoms with Gasteiger partial charge in [0.15, 0.2) is 5.69 Å². The fourth-order valence-electron chi connectivity index (χ4n) is 2.37. The Balaban J connectivity index is 1.73. The van der Waals surface area contributed by atoms with E-state index >= 15 is 0 Å². The minimum Gasteiger partial charge on any atom is -0.464 e. The van der Waals surface area contributed by atoms with Crippen LogP contribution in [0.5, 0.6) is 0 Å². The molecular weight excluding hydrogens is 322 g/mol. The predicted molar refractivity (Wildman–Crippen MR) is 83.8 cm³/mol. The summed E-state index contributed by atoms with van der Waals surface area (Å²) in [6.45, 7) is 2.34. The van der Waals surface area contributed by atoms with Crippen molar-refractivity contribution in [2.75, 3.05) is 38.6 Å². The summed E-state index contributed by atoms with van der Waals surface area (Å²) in [5.41, 5.74) is 0.0764. The standard InChI is InChI=1S/C14H18ClN5O3/c1-23-13(21)10-9(15)12(19-11(18-10)8-2-3-8)16-4-6-20-7-5-17-14(20)22/h8H,2-7H2,1H3,(H,17,22)(H,16,18,19). The average molecular weight is 340 g/mol. The second kappa shape index (κ2) is 6.57. The van der Waals surface area contributed by atoms with Crippen molar-refractivity contribution in [1.82, 2.24) is 20.2 Å². The van der Waals surface area contributed by atoms with Gasteiger partial charge in [-0.05, 0) is 12.8 Å². The number of hydrogen-bond acceptors (Lipinski definition) is 6. The summed E-state index contributed by atoms with van der Waals surface area (Å²) in [5, 5.41) is 5.98. The molecule has 2 N–H and O–H groups in total. The number of rotatable bonds is 6. The Morgan fingerprint density at radius 1 is 1.48 bits per heavy atom. The van der Waals surface area contributed by atoms with E-state index in [1.165, 1.54) is 7.11 Å². The van der Waals surface area contributed by atoms with Gasteiger partial charge in [0.05, 0.1) is 7.11 Å². The molecule has 8 nitrogen and oxygen atoms in total. The van der Waals surface area contributed by atoms with E-state index < -0.39 is 5.97 Å². The maximum Gasteiger partial charge on any atom is 0.358 e. The first-order valence-corrected chi connectivity index (χ1v) is 7.90. The van der Waals surface area contributed by atoms with E-state index in [2.05, 4.69) is 20.6 Å². The lowest BCUT2D eigenvalue weighted by Gasteiger charge is -2.16. The maximum atomic E-state index is 11.8. The van der Waals surface area contributed by atoms with Gasteiger partial charge in [-0.1, -0.05) is 11.6 Å². The van der Waals surface area contributed by atoms with Crippen molar-refractivity contribution in [3.63, 3.8) is 0 Å². The van der Waals surface area contributed by atoms with Gasteiger partial charge in [-0.15, -0.1) is 0 Å². The molecule has 0 radical (unpaired) electrons. The molecule has 1 saturated heterocycles. The van der Waals surface area contributed by atoms with E-state index in [0.717, 1.165) is 12.8 Å². The van der Waals surface area contributed by atoms with Crippen LogP contribution in [0.25, 0.3) is 0 Å². The number of nitrogens with zero attached hydrogens (tertiary/aromatic N) is 3. The van der Waals surface area contributed by atoms with E-state index in [0.29, 0.717) is 37.8 Å². The van der Waals surface area contributed by atoms with Gasteiger partial charge in [-0.2, -0.15) is 0 Å². The molecule has 23 heavy (non-hydrogen) atoms. The Bertz CT molecular complexity index is 635. The zero-order chi connectivity index (χ0) is 16.4. The second-order valence-corrected chi connectivity index (χ2v) is 5.88. The van der Waals surface area contributed by atoms with Crippen LogP contribution in [0.4, 0.5) is 10.6 Å². The summed E-state index contributed by atoms with van der Waals surface area (Å²) in [7, 11) is 1.29. The number of hydrogen-bond donors (Lipinski definition) is 2. The molecule has 9 heteroatoms. The maximum absolute atomic E-state index is 11.8. The average Bonchev–Trinajstić information content (AvgIpc) is 3.32. The summed E-state index contributed by atoms with van der Waals surface area (Å²) >= 11 is 6.22. The first-order valence-electron chi connectivity index (χ1n) is 7.52. The summed E-state index contributed by atoms with van der Waals surface area (Å²) in [4.78, 5) is 33.7. The van der Waals surface area contributed by atoms with Crippen LogP contribution in [0.1, 0.15) is 35.1 Å². The Labute approximate surface area is 138 Å². The largest absolute Gasteiger partial charge is 0.464 e.